The Bertz CT molecular complexity index is 1560. The maximum absolute atomic E-state index is 13.6. The molecule has 0 bridgehead atoms. The second-order valence-corrected chi connectivity index (χ2v) is 7.49. The largest absolute Gasteiger partial charge is 0.505 e. The molecule has 0 saturated carbocycles. The second kappa shape index (κ2) is 8.28. The molecule has 4 N–H and O–H groups in total. The molecule has 11 heteroatoms. The summed E-state index contributed by atoms with van der Waals surface area (Å²) < 4.78 is 15.2. The number of nitrogens with two attached hydrogens (primary N) is 1. The molecule has 0 aliphatic rings. The van der Waals surface area contributed by atoms with E-state index in [9.17, 15) is 14.3 Å². The van der Waals surface area contributed by atoms with E-state index in [0.29, 0.717) is 28.0 Å². The third-order valence-corrected chi connectivity index (χ3v) is 5.47. The monoisotopic (exact) mass is 458 g/mol. The lowest BCUT2D eigenvalue weighted by atomic mass is 10.1. The van der Waals surface area contributed by atoms with E-state index < -0.39 is 11.6 Å². The number of benzene rings is 2. The zero-order chi connectivity index (χ0) is 23.8. The number of imidazole rings is 1. The van der Waals surface area contributed by atoms with Crippen LogP contribution in [-0.2, 0) is 11.3 Å². The van der Waals surface area contributed by atoms with Gasteiger partial charge in [-0.3, -0.25) is 4.79 Å². The lowest BCUT2D eigenvalue weighted by molar-refractivity contribution is -0.114. The van der Waals surface area contributed by atoms with E-state index in [0.717, 1.165) is 17.1 Å². The third kappa shape index (κ3) is 3.58. The van der Waals surface area contributed by atoms with E-state index in [4.69, 9.17) is 5.73 Å². The summed E-state index contributed by atoms with van der Waals surface area (Å²) in [6.07, 6.45) is 4.14. The van der Waals surface area contributed by atoms with Crippen LogP contribution in [0, 0.1) is 5.82 Å². The highest BCUT2D eigenvalue weighted by Gasteiger charge is 2.20. The van der Waals surface area contributed by atoms with Crippen LogP contribution >= 0.6 is 0 Å². The van der Waals surface area contributed by atoms with Crippen LogP contribution in [0.5, 0.6) is 5.75 Å². The lowest BCUT2D eigenvalue weighted by Gasteiger charge is -2.21. The van der Waals surface area contributed by atoms with Gasteiger partial charge in [-0.15, -0.1) is 0 Å². The van der Waals surface area contributed by atoms with Gasteiger partial charge < -0.3 is 20.7 Å². The predicted octanol–water partition coefficient (Wildman–Crippen LogP) is 3.02. The van der Waals surface area contributed by atoms with Crippen LogP contribution < -0.4 is 10.6 Å². The van der Waals surface area contributed by atoms with Gasteiger partial charge in [-0.25, -0.2) is 24.0 Å². The second-order valence-electron chi connectivity index (χ2n) is 7.49. The summed E-state index contributed by atoms with van der Waals surface area (Å²) in [6, 6.07) is 9.36. The van der Waals surface area contributed by atoms with Crippen molar-refractivity contribution in [2.75, 3.05) is 17.2 Å². The fourth-order valence-corrected chi connectivity index (χ4v) is 3.81. The number of anilines is 2. The molecule has 10 nitrogen and oxygen atoms in total. The molecule has 5 aromatic rings. The van der Waals surface area contributed by atoms with Crippen molar-refractivity contribution in [2.45, 2.75) is 6.54 Å². The van der Waals surface area contributed by atoms with Crippen LogP contribution in [0.25, 0.3) is 33.3 Å². The SMILES string of the molecule is C=CC(=O)N(CCn1nc(-c2ccc(F)c(O)c2)c2c(N)ncnc21)c1ccc2[nH]cnc2c1. The molecule has 2 aromatic carbocycles. The summed E-state index contributed by atoms with van der Waals surface area (Å²) in [4.78, 5) is 29.9. The molecule has 3 heterocycles. The Kier molecular flexibility index (Phi) is 5.13. The third-order valence-electron chi connectivity index (χ3n) is 5.47. The van der Waals surface area contributed by atoms with Crippen LogP contribution in [-0.4, -0.2) is 47.3 Å². The molecule has 0 radical (unpaired) electrons. The molecular formula is C23H19FN8O2. The van der Waals surface area contributed by atoms with Gasteiger partial charge in [-0.2, -0.15) is 5.10 Å². The molecule has 5 rings (SSSR count). The number of nitrogens with one attached hydrogen (secondary N) is 1. The van der Waals surface area contributed by atoms with Gasteiger partial charge in [0, 0.05) is 17.8 Å². The van der Waals surface area contributed by atoms with Gasteiger partial charge in [0.1, 0.15) is 17.8 Å². The Balaban J connectivity index is 1.53. The first-order valence-corrected chi connectivity index (χ1v) is 10.3. The average Bonchev–Trinajstić information content (AvgIpc) is 3.46. The van der Waals surface area contributed by atoms with Crippen molar-refractivity contribution in [3.8, 4) is 17.0 Å². The van der Waals surface area contributed by atoms with Crippen LogP contribution in [0.2, 0.25) is 0 Å². The molecule has 0 aliphatic carbocycles. The fraction of sp³-hybridized carbons (Fsp3) is 0.0870. The summed E-state index contributed by atoms with van der Waals surface area (Å²) >= 11 is 0. The van der Waals surface area contributed by atoms with Crippen LogP contribution in [0.3, 0.4) is 0 Å². The van der Waals surface area contributed by atoms with E-state index in [2.05, 4.69) is 31.6 Å². The first-order chi connectivity index (χ1) is 16.5. The Hall–Kier alpha value is -4.80. The standard InChI is InChI=1S/C23H19FN8O2/c1-2-19(34)31(14-4-6-16-17(10-14)27-11-26-16)7-8-32-23-20(22(25)28-12-29-23)21(30-32)13-3-5-15(24)18(33)9-13/h2-6,9-12,33H,1,7-8H2,(H,26,27)(H2,25,28,29). The van der Waals surface area contributed by atoms with Crippen molar-refractivity contribution in [2.24, 2.45) is 0 Å². The zero-order valence-corrected chi connectivity index (χ0v) is 17.8. The maximum atomic E-state index is 13.6. The number of H-pyrrole nitrogens is 1. The van der Waals surface area contributed by atoms with E-state index in [1.165, 1.54) is 24.5 Å². The molecule has 1 amide bonds. The summed E-state index contributed by atoms with van der Waals surface area (Å²) in [5.41, 5.74) is 9.62. The number of aromatic hydroxyl groups is 1. The highest BCUT2D eigenvalue weighted by Crippen LogP contribution is 2.32. The Labute approximate surface area is 192 Å². The molecule has 0 aliphatic heterocycles. The van der Waals surface area contributed by atoms with Crippen molar-refractivity contribution in [1.82, 2.24) is 29.7 Å². The molecular weight excluding hydrogens is 439 g/mol. The highest BCUT2D eigenvalue weighted by molar-refractivity contribution is 6.02. The molecule has 170 valence electrons. The van der Waals surface area contributed by atoms with E-state index in [1.54, 1.807) is 22.0 Å². The summed E-state index contributed by atoms with van der Waals surface area (Å²) in [5, 5.41) is 14.9. The minimum atomic E-state index is -0.746. The quantitative estimate of drug-likeness (QED) is 0.332. The number of amides is 1. The van der Waals surface area contributed by atoms with Crippen LogP contribution in [0.4, 0.5) is 15.9 Å². The Morgan fingerprint density at radius 2 is 2.09 bits per heavy atom. The number of phenols is 1. The van der Waals surface area contributed by atoms with Gasteiger partial charge in [0.25, 0.3) is 0 Å². The smallest absolute Gasteiger partial charge is 0.250 e. The van der Waals surface area contributed by atoms with E-state index >= 15 is 0 Å². The van der Waals surface area contributed by atoms with Gasteiger partial charge in [-0.05, 0) is 42.5 Å². The Morgan fingerprint density at radius 3 is 2.88 bits per heavy atom. The first-order valence-electron chi connectivity index (χ1n) is 10.3. The number of halogens is 1. The van der Waals surface area contributed by atoms with Crippen LogP contribution in [0.1, 0.15) is 0 Å². The molecule has 0 atom stereocenters. The molecule has 0 saturated heterocycles. The number of aromatic amines is 1. The number of carbonyl (C=O) groups excluding carboxylic acids is 1. The Morgan fingerprint density at radius 1 is 1.24 bits per heavy atom. The van der Waals surface area contributed by atoms with Gasteiger partial charge >= 0.3 is 0 Å². The summed E-state index contributed by atoms with van der Waals surface area (Å²) in [6.45, 7) is 4.12. The molecule has 0 spiro atoms. The number of nitrogens with zero attached hydrogens (tertiary/aromatic N) is 6. The number of carbonyl (C=O) groups is 1. The lowest BCUT2D eigenvalue weighted by Crippen LogP contribution is -2.32. The number of aromatic nitrogens is 6. The van der Waals surface area contributed by atoms with Crippen molar-refractivity contribution in [1.29, 1.82) is 0 Å². The minimum absolute atomic E-state index is 0.193. The topological polar surface area (TPSA) is 139 Å². The van der Waals surface area contributed by atoms with Crippen molar-refractivity contribution in [3.63, 3.8) is 0 Å². The number of fused-ring (bicyclic) bond motifs is 2. The van der Waals surface area contributed by atoms with Crippen molar-refractivity contribution in [3.05, 3.63) is 67.5 Å². The molecule has 0 unspecified atom stereocenters. The average molecular weight is 458 g/mol. The number of phenolic OH excluding ortho intramolecular Hbond substituents is 1. The normalized spacial score (nSPS) is 11.2. The predicted molar refractivity (Wildman–Crippen MR) is 125 cm³/mol. The number of nitrogen functional groups attached to an aromatic ring is 1. The van der Waals surface area contributed by atoms with Gasteiger partial charge in [0.15, 0.2) is 17.2 Å². The first kappa shape index (κ1) is 21.1. The zero-order valence-electron chi connectivity index (χ0n) is 17.8. The maximum Gasteiger partial charge on any atom is 0.250 e. The minimum Gasteiger partial charge on any atom is -0.505 e. The van der Waals surface area contributed by atoms with Crippen molar-refractivity contribution >= 4 is 39.5 Å². The number of rotatable bonds is 6. The molecule has 0 fully saturated rings. The summed E-state index contributed by atoms with van der Waals surface area (Å²) in [7, 11) is 0. The molecule has 34 heavy (non-hydrogen) atoms. The van der Waals surface area contributed by atoms with Crippen LogP contribution in [0.15, 0.2) is 61.7 Å². The van der Waals surface area contributed by atoms with Crippen molar-refractivity contribution < 1.29 is 14.3 Å². The van der Waals surface area contributed by atoms with Gasteiger partial charge in [-0.1, -0.05) is 6.58 Å². The summed E-state index contributed by atoms with van der Waals surface area (Å²) in [5.74, 6) is -1.35. The molecule has 3 aromatic heterocycles. The van der Waals surface area contributed by atoms with Gasteiger partial charge in [0.2, 0.25) is 5.91 Å². The number of hydrogen-bond acceptors (Lipinski definition) is 7. The number of hydrogen-bond donors (Lipinski definition) is 3. The van der Waals surface area contributed by atoms with E-state index in [1.807, 2.05) is 12.1 Å². The van der Waals surface area contributed by atoms with E-state index in [-0.39, 0.29) is 24.8 Å². The fourth-order valence-electron chi connectivity index (χ4n) is 3.81. The van der Waals surface area contributed by atoms with Gasteiger partial charge in [0.05, 0.1) is 29.3 Å². The highest BCUT2D eigenvalue weighted by atomic mass is 19.1.